The number of hydrogen-bond donors (Lipinski definition) is 0. The Labute approximate surface area is 108 Å². The summed E-state index contributed by atoms with van der Waals surface area (Å²) in [6, 6.07) is 0.804. The van der Waals surface area contributed by atoms with Gasteiger partial charge in [-0.2, -0.15) is 0 Å². The standard InChI is InChI=1S/C13H24BrNO/c14-8-7-12-5-1-3-9-15(12)11-13-6-2-4-10-16-13/h12-13H,1-11H2. The van der Waals surface area contributed by atoms with Crippen LogP contribution in [0.2, 0.25) is 0 Å². The first-order valence-corrected chi connectivity index (χ1v) is 7.94. The lowest BCUT2D eigenvalue weighted by Crippen LogP contribution is -2.45. The van der Waals surface area contributed by atoms with Crippen molar-refractivity contribution in [2.24, 2.45) is 0 Å². The number of hydrogen-bond acceptors (Lipinski definition) is 2. The molecule has 0 saturated carbocycles. The van der Waals surface area contributed by atoms with Gasteiger partial charge in [0, 0.05) is 24.5 Å². The summed E-state index contributed by atoms with van der Waals surface area (Å²) >= 11 is 3.58. The van der Waals surface area contributed by atoms with E-state index in [1.54, 1.807) is 0 Å². The number of ether oxygens (including phenoxy) is 1. The van der Waals surface area contributed by atoms with Crippen LogP contribution in [0.1, 0.15) is 44.9 Å². The van der Waals surface area contributed by atoms with E-state index in [-0.39, 0.29) is 0 Å². The molecule has 2 fully saturated rings. The zero-order valence-electron chi connectivity index (χ0n) is 10.2. The quantitative estimate of drug-likeness (QED) is 0.737. The first-order valence-electron chi connectivity index (χ1n) is 6.82. The molecule has 2 nitrogen and oxygen atoms in total. The third-order valence-corrected chi connectivity index (χ3v) is 4.36. The number of likely N-dealkylation sites (tertiary alicyclic amines) is 1. The lowest BCUT2D eigenvalue weighted by atomic mass is 9.98. The van der Waals surface area contributed by atoms with Gasteiger partial charge in [-0.25, -0.2) is 0 Å². The van der Waals surface area contributed by atoms with Gasteiger partial charge < -0.3 is 4.74 Å². The number of rotatable bonds is 4. The molecule has 0 N–H and O–H groups in total. The summed E-state index contributed by atoms with van der Waals surface area (Å²) in [5, 5.41) is 1.14. The van der Waals surface area contributed by atoms with E-state index in [1.165, 1.54) is 58.0 Å². The molecule has 2 saturated heterocycles. The van der Waals surface area contributed by atoms with Crippen LogP contribution in [-0.4, -0.2) is 42.1 Å². The van der Waals surface area contributed by atoms with Gasteiger partial charge in [0.25, 0.3) is 0 Å². The molecular formula is C13H24BrNO. The van der Waals surface area contributed by atoms with Crippen LogP contribution in [0, 0.1) is 0 Å². The maximum Gasteiger partial charge on any atom is 0.0702 e. The second-order valence-corrected chi connectivity index (χ2v) is 5.90. The van der Waals surface area contributed by atoms with Crippen molar-refractivity contribution in [3.63, 3.8) is 0 Å². The van der Waals surface area contributed by atoms with Crippen LogP contribution in [0.3, 0.4) is 0 Å². The zero-order chi connectivity index (χ0) is 11.2. The zero-order valence-corrected chi connectivity index (χ0v) is 11.8. The predicted molar refractivity (Wildman–Crippen MR) is 71.2 cm³/mol. The summed E-state index contributed by atoms with van der Waals surface area (Å²) in [4.78, 5) is 2.68. The van der Waals surface area contributed by atoms with E-state index in [4.69, 9.17) is 4.74 Å². The van der Waals surface area contributed by atoms with Gasteiger partial charge in [-0.05, 0) is 45.1 Å². The molecule has 2 unspecified atom stereocenters. The number of nitrogens with zero attached hydrogens (tertiary/aromatic N) is 1. The van der Waals surface area contributed by atoms with E-state index >= 15 is 0 Å². The van der Waals surface area contributed by atoms with Gasteiger partial charge >= 0.3 is 0 Å². The second-order valence-electron chi connectivity index (χ2n) is 5.11. The van der Waals surface area contributed by atoms with Crippen LogP contribution in [-0.2, 0) is 4.74 Å². The fourth-order valence-corrected chi connectivity index (χ4v) is 3.49. The van der Waals surface area contributed by atoms with Gasteiger partial charge in [-0.1, -0.05) is 22.4 Å². The third kappa shape index (κ3) is 3.71. The van der Waals surface area contributed by atoms with Crippen molar-refractivity contribution in [2.45, 2.75) is 57.1 Å². The number of alkyl halides is 1. The molecular weight excluding hydrogens is 266 g/mol. The summed E-state index contributed by atoms with van der Waals surface area (Å²) in [6.45, 7) is 3.46. The molecule has 3 heteroatoms. The summed E-state index contributed by atoms with van der Waals surface area (Å²) in [6.07, 6.45) is 9.90. The molecule has 2 heterocycles. The molecule has 0 aromatic heterocycles. The van der Waals surface area contributed by atoms with Gasteiger partial charge in [-0.15, -0.1) is 0 Å². The number of halogens is 1. The fourth-order valence-electron chi connectivity index (χ4n) is 2.97. The summed E-state index contributed by atoms with van der Waals surface area (Å²) in [5.74, 6) is 0. The first kappa shape index (κ1) is 12.8. The van der Waals surface area contributed by atoms with E-state index in [0.29, 0.717) is 6.10 Å². The minimum Gasteiger partial charge on any atom is -0.377 e. The highest BCUT2D eigenvalue weighted by Gasteiger charge is 2.25. The highest BCUT2D eigenvalue weighted by molar-refractivity contribution is 9.09. The SMILES string of the molecule is BrCCC1CCCCN1CC1CCCCO1. The molecule has 0 aromatic rings. The minimum atomic E-state index is 0.518. The molecule has 2 rings (SSSR count). The Hall–Kier alpha value is 0.400. The topological polar surface area (TPSA) is 12.5 Å². The van der Waals surface area contributed by atoms with Gasteiger partial charge in [0.1, 0.15) is 0 Å². The smallest absolute Gasteiger partial charge is 0.0702 e. The molecule has 2 aliphatic heterocycles. The number of piperidine rings is 1. The fraction of sp³-hybridized carbons (Fsp3) is 1.00. The van der Waals surface area contributed by atoms with Crippen molar-refractivity contribution in [1.29, 1.82) is 0 Å². The average molecular weight is 290 g/mol. The van der Waals surface area contributed by atoms with Crippen molar-refractivity contribution >= 4 is 15.9 Å². The van der Waals surface area contributed by atoms with E-state index in [9.17, 15) is 0 Å². The summed E-state index contributed by atoms with van der Waals surface area (Å²) < 4.78 is 5.85. The maximum atomic E-state index is 5.85. The highest BCUT2D eigenvalue weighted by atomic mass is 79.9. The van der Waals surface area contributed by atoms with Crippen LogP contribution in [0.15, 0.2) is 0 Å². The lowest BCUT2D eigenvalue weighted by molar-refractivity contribution is -0.0195. The van der Waals surface area contributed by atoms with Gasteiger partial charge in [-0.3, -0.25) is 4.90 Å². The van der Waals surface area contributed by atoms with Crippen LogP contribution >= 0.6 is 15.9 Å². The van der Waals surface area contributed by atoms with E-state index in [1.807, 2.05) is 0 Å². The Morgan fingerprint density at radius 3 is 2.75 bits per heavy atom. The Kier molecular flexibility index (Phi) is 5.60. The van der Waals surface area contributed by atoms with Crippen LogP contribution in [0.4, 0.5) is 0 Å². The highest BCUT2D eigenvalue weighted by Crippen LogP contribution is 2.23. The van der Waals surface area contributed by atoms with Gasteiger partial charge in [0.2, 0.25) is 0 Å². The molecule has 0 spiro atoms. The van der Waals surface area contributed by atoms with Crippen LogP contribution in [0.25, 0.3) is 0 Å². The molecule has 0 aliphatic carbocycles. The normalized spacial score (nSPS) is 32.8. The monoisotopic (exact) mass is 289 g/mol. The van der Waals surface area contributed by atoms with Crippen molar-refractivity contribution in [3.05, 3.63) is 0 Å². The van der Waals surface area contributed by atoms with E-state index in [2.05, 4.69) is 20.8 Å². The predicted octanol–water partition coefficient (Wildman–Crippen LogP) is 3.20. The summed E-state index contributed by atoms with van der Waals surface area (Å²) in [7, 11) is 0. The maximum absolute atomic E-state index is 5.85. The molecule has 0 bridgehead atoms. The first-order chi connectivity index (χ1) is 7.90. The van der Waals surface area contributed by atoms with Crippen molar-refractivity contribution < 1.29 is 4.74 Å². The Morgan fingerprint density at radius 1 is 1.12 bits per heavy atom. The molecule has 0 amide bonds. The largest absolute Gasteiger partial charge is 0.377 e. The van der Waals surface area contributed by atoms with E-state index < -0.39 is 0 Å². The molecule has 16 heavy (non-hydrogen) atoms. The molecule has 0 aromatic carbocycles. The Bertz CT molecular complexity index is 192. The van der Waals surface area contributed by atoms with Crippen molar-refractivity contribution in [1.82, 2.24) is 4.90 Å². The molecule has 94 valence electrons. The Balaban J connectivity index is 1.80. The summed E-state index contributed by atoms with van der Waals surface area (Å²) in [5.41, 5.74) is 0. The molecule has 2 aliphatic rings. The minimum absolute atomic E-state index is 0.518. The molecule has 0 radical (unpaired) electrons. The van der Waals surface area contributed by atoms with Gasteiger partial charge in [0.05, 0.1) is 6.10 Å². The van der Waals surface area contributed by atoms with Crippen LogP contribution in [0.5, 0.6) is 0 Å². The van der Waals surface area contributed by atoms with E-state index in [0.717, 1.165) is 18.0 Å². The average Bonchev–Trinajstić information content (AvgIpc) is 2.33. The van der Waals surface area contributed by atoms with Crippen molar-refractivity contribution in [2.75, 3.05) is 25.0 Å². The lowest BCUT2D eigenvalue weighted by Gasteiger charge is -2.38. The Morgan fingerprint density at radius 2 is 2.00 bits per heavy atom. The second kappa shape index (κ2) is 6.97. The van der Waals surface area contributed by atoms with Crippen molar-refractivity contribution in [3.8, 4) is 0 Å². The molecule has 2 atom stereocenters. The van der Waals surface area contributed by atoms with Gasteiger partial charge in [0.15, 0.2) is 0 Å². The van der Waals surface area contributed by atoms with Crippen LogP contribution < -0.4 is 0 Å². The third-order valence-electron chi connectivity index (χ3n) is 3.90.